The van der Waals surface area contributed by atoms with Gasteiger partial charge in [0, 0.05) is 6.54 Å². The Morgan fingerprint density at radius 3 is 2.52 bits per heavy atom. The van der Waals surface area contributed by atoms with Crippen LogP contribution < -0.4 is 15.8 Å². The molecular weight excluding hydrogens is 311 g/mol. The second kappa shape index (κ2) is 7.31. The minimum absolute atomic E-state index is 0.120. The van der Waals surface area contributed by atoms with Gasteiger partial charge in [0.15, 0.2) is 6.61 Å². The van der Waals surface area contributed by atoms with Crippen LogP contribution in [0.3, 0.4) is 0 Å². The molecule has 6 heteroatoms. The lowest BCUT2D eigenvalue weighted by Crippen LogP contribution is -2.20. The number of halogens is 2. The van der Waals surface area contributed by atoms with Gasteiger partial charge in [-0.25, -0.2) is 0 Å². The van der Waals surface area contributed by atoms with Gasteiger partial charge in [0.2, 0.25) is 0 Å². The van der Waals surface area contributed by atoms with Crippen molar-refractivity contribution in [2.75, 3.05) is 11.9 Å². The first-order chi connectivity index (χ1) is 10.1. The summed E-state index contributed by atoms with van der Waals surface area (Å²) < 4.78 is 5.38. The Morgan fingerprint density at radius 1 is 1.14 bits per heavy atom. The van der Waals surface area contributed by atoms with E-state index >= 15 is 0 Å². The molecule has 0 unspecified atom stereocenters. The van der Waals surface area contributed by atoms with Gasteiger partial charge >= 0.3 is 0 Å². The molecule has 0 radical (unpaired) electrons. The summed E-state index contributed by atoms with van der Waals surface area (Å²) in [5.41, 5.74) is 6.96. The Kier molecular flexibility index (Phi) is 5.44. The summed E-state index contributed by atoms with van der Waals surface area (Å²) in [6, 6.07) is 12.2. The quantitative estimate of drug-likeness (QED) is 0.885. The van der Waals surface area contributed by atoms with Crippen molar-refractivity contribution in [3.05, 3.63) is 58.1 Å². The molecule has 2 aromatic carbocycles. The number of carbonyl (C=O) groups is 1. The summed E-state index contributed by atoms with van der Waals surface area (Å²) in [5.74, 6) is 0.279. The highest BCUT2D eigenvalue weighted by Gasteiger charge is 2.08. The number of benzene rings is 2. The highest BCUT2D eigenvalue weighted by atomic mass is 35.5. The van der Waals surface area contributed by atoms with Crippen molar-refractivity contribution in [3.63, 3.8) is 0 Å². The standard InChI is InChI=1S/C15H14Cl2N2O2/c16-12-2-1-3-13(15(12)17)19-14(20)9-21-11-6-4-10(8-18)5-7-11/h1-7H,8-9,18H2,(H,19,20). The predicted octanol–water partition coefficient (Wildman–Crippen LogP) is 3.47. The van der Waals surface area contributed by atoms with Crippen LogP contribution in [-0.4, -0.2) is 12.5 Å². The maximum absolute atomic E-state index is 11.8. The van der Waals surface area contributed by atoms with E-state index in [-0.39, 0.29) is 12.5 Å². The van der Waals surface area contributed by atoms with Crippen molar-refractivity contribution in [1.29, 1.82) is 0 Å². The first-order valence-corrected chi connectivity index (χ1v) is 7.01. The molecular formula is C15H14Cl2N2O2. The van der Waals surface area contributed by atoms with Gasteiger partial charge in [-0.1, -0.05) is 41.4 Å². The second-order valence-corrected chi connectivity index (χ2v) is 5.07. The zero-order valence-electron chi connectivity index (χ0n) is 11.1. The molecule has 3 N–H and O–H groups in total. The zero-order chi connectivity index (χ0) is 15.2. The molecule has 0 aliphatic carbocycles. The fourth-order valence-electron chi connectivity index (χ4n) is 1.66. The molecule has 1 amide bonds. The third-order valence-electron chi connectivity index (χ3n) is 2.75. The second-order valence-electron chi connectivity index (χ2n) is 4.29. The lowest BCUT2D eigenvalue weighted by atomic mass is 10.2. The van der Waals surface area contributed by atoms with Crippen LogP contribution in [0, 0.1) is 0 Å². The van der Waals surface area contributed by atoms with Gasteiger partial charge < -0.3 is 15.8 Å². The largest absolute Gasteiger partial charge is 0.484 e. The smallest absolute Gasteiger partial charge is 0.262 e. The van der Waals surface area contributed by atoms with Crippen LogP contribution in [0.1, 0.15) is 5.56 Å². The number of rotatable bonds is 5. The van der Waals surface area contributed by atoms with Gasteiger partial charge in [0.1, 0.15) is 5.75 Å². The fraction of sp³-hybridized carbons (Fsp3) is 0.133. The van der Waals surface area contributed by atoms with E-state index < -0.39 is 0 Å². The molecule has 21 heavy (non-hydrogen) atoms. The average Bonchev–Trinajstić information content (AvgIpc) is 2.50. The van der Waals surface area contributed by atoms with Gasteiger partial charge in [-0.15, -0.1) is 0 Å². The molecule has 0 spiro atoms. The number of hydrogen-bond donors (Lipinski definition) is 2. The number of nitrogens with two attached hydrogens (primary N) is 1. The molecule has 0 aromatic heterocycles. The number of amides is 1. The molecule has 0 aliphatic rings. The third kappa shape index (κ3) is 4.36. The molecule has 2 aromatic rings. The van der Waals surface area contributed by atoms with E-state index in [4.69, 9.17) is 33.7 Å². The van der Waals surface area contributed by atoms with E-state index in [1.165, 1.54) is 0 Å². The van der Waals surface area contributed by atoms with Gasteiger partial charge in [0.25, 0.3) is 5.91 Å². The van der Waals surface area contributed by atoms with Crippen LogP contribution in [0.4, 0.5) is 5.69 Å². The van der Waals surface area contributed by atoms with Crippen LogP contribution in [0.5, 0.6) is 5.75 Å². The number of anilines is 1. The number of carbonyl (C=O) groups excluding carboxylic acids is 1. The van der Waals surface area contributed by atoms with Gasteiger partial charge in [-0.05, 0) is 29.8 Å². The third-order valence-corrected chi connectivity index (χ3v) is 3.57. The van der Waals surface area contributed by atoms with E-state index in [9.17, 15) is 4.79 Å². The zero-order valence-corrected chi connectivity index (χ0v) is 12.6. The van der Waals surface area contributed by atoms with Crippen molar-refractivity contribution in [2.24, 2.45) is 5.73 Å². The van der Waals surface area contributed by atoms with Gasteiger partial charge in [-0.3, -0.25) is 4.79 Å². The summed E-state index contributed by atoms with van der Waals surface area (Å²) in [5, 5.41) is 3.33. The van der Waals surface area contributed by atoms with Crippen LogP contribution in [0.15, 0.2) is 42.5 Å². The molecule has 0 heterocycles. The lowest BCUT2D eigenvalue weighted by molar-refractivity contribution is -0.118. The summed E-state index contributed by atoms with van der Waals surface area (Å²) >= 11 is 11.9. The molecule has 0 saturated carbocycles. The van der Waals surface area contributed by atoms with Crippen LogP contribution in [0.2, 0.25) is 10.0 Å². The summed E-state index contributed by atoms with van der Waals surface area (Å²) in [6.45, 7) is 0.346. The van der Waals surface area contributed by atoms with Crippen molar-refractivity contribution in [1.82, 2.24) is 0 Å². The fourth-order valence-corrected chi connectivity index (χ4v) is 2.01. The molecule has 0 fully saturated rings. The molecule has 110 valence electrons. The topological polar surface area (TPSA) is 64.3 Å². The van der Waals surface area contributed by atoms with Crippen molar-refractivity contribution < 1.29 is 9.53 Å². The Hall–Kier alpha value is -1.75. The normalized spacial score (nSPS) is 10.2. The highest BCUT2D eigenvalue weighted by Crippen LogP contribution is 2.29. The van der Waals surface area contributed by atoms with Crippen molar-refractivity contribution in [3.8, 4) is 5.75 Å². The number of hydrogen-bond acceptors (Lipinski definition) is 3. The molecule has 0 atom stereocenters. The minimum Gasteiger partial charge on any atom is -0.484 e. The Bertz CT molecular complexity index is 630. The first kappa shape index (κ1) is 15.6. The van der Waals surface area contributed by atoms with E-state index in [1.807, 2.05) is 12.1 Å². The Balaban J connectivity index is 1.91. The maximum Gasteiger partial charge on any atom is 0.262 e. The van der Waals surface area contributed by atoms with Crippen LogP contribution in [-0.2, 0) is 11.3 Å². The molecule has 4 nitrogen and oxygen atoms in total. The molecule has 0 aliphatic heterocycles. The number of nitrogens with one attached hydrogen (secondary N) is 1. The Labute approximate surface area is 132 Å². The predicted molar refractivity (Wildman–Crippen MR) is 84.9 cm³/mol. The number of ether oxygens (including phenoxy) is 1. The van der Waals surface area contributed by atoms with Crippen molar-refractivity contribution >= 4 is 34.8 Å². The molecule has 0 bridgehead atoms. The SMILES string of the molecule is NCc1ccc(OCC(=O)Nc2cccc(Cl)c2Cl)cc1. The Morgan fingerprint density at radius 2 is 1.86 bits per heavy atom. The molecule has 0 saturated heterocycles. The lowest BCUT2D eigenvalue weighted by Gasteiger charge is -2.09. The highest BCUT2D eigenvalue weighted by molar-refractivity contribution is 6.43. The molecule has 2 rings (SSSR count). The monoisotopic (exact) mass is 324 g/mol. The summed E-state index contributed by atoms with van der Waals surface area (Å²) in [4.78, 5) is 11.8. The van der Waals surface area contributed by atoms with E-state index in [2.05, 4.69) is 5.32 Å². The van der Waals surface area contributed by atoms with E-state index in [1.54, 1.807) is 30.3 Å². The minimum atomic E-state index is -0.318. The van der Waals surface area contributed by atoms with Gasteiger partial charge in [-0.2, -0.15) is 0 Å². The van der Waals surface area contributed by atoms with Gasteiger partial charge in [0.05, 0.1) is 15.7 Å². The van der Waals surface area contributed by atoms with Crippen LogP contribution >= 0.6 is 23.2 Å². The average molecular weight is 325 g/mol. The van der Waals surface area contributed by atoms with E-state index in [0.717, 1.165) is 5.56 Å². The summed E-state index contributed by atoms with van der Waals surface area (Å²) in [7, 11) is 0. The first-order valence-electron chi connectivity index (χ1n) is 6.26. The van der Waals surface area contributed by atoms with Crippen LogP contribution in [0.25, 0.3) is 0 Å². The maximum atomic E-state index is 11.8. The van der Waals surface area contributed by atoms with E-state index in [0.29, 0.717) is 28.0 Å². The van der Waals surface area contributed by atoms with Crippen molar-refractivity contribution in [2.45, 2.75) is 6.54 Å². The summed E-state index contributed by atoms with van der Waals surface area (Å²) in [6.07, 6.45) is 0.